The van der Waals surface area contributed by atoms with Crippen LogP contribution in [0, 0.1) is 29.1 Å². The van der Waals surface area contributed by atoms with Crippen LogP contribution in [-0.4, -0.2) is 105 Å². The Bertz CT molecular complexity index is 2190. The molecule has 64 heavy (non-hydrogen) atoms. The highest BCUT2D eigenvalue weighted by molar-refractivity contribution is 7.90. The molecule has 1 N–H and O–H groups in total. The van der Waals surface area contributed by atoms with E-state index in [0.717, 1.165) is 68.7 Å². The maximum Gasteiger partial charge on any atom is 0.306 e. The van der Waals surface area contributed by atoms with E-state index in [1.807, 2.05) is 24.3 Å². The van der Waals surface area contributed by atoms with Gasteiger partial charge in [-0.1, -0.05) is 43.2 Å². The lowest BCUT2D eigenvalue weighted by Crippen LogP contribution is -2.47. The molecule has 15 heteroatoms. The number of nitrogens with one attached hydrogen (secondary N) is 1. The van der Waals surface area contributed by atoms with Crippen LogP contribution in [-0.2, 0) is 49.8 Å². The van der Waals surface area contributed by atoms with Gasteiger partial charge in [-0.25, -0.2) is 13.4 Å². The van der Waals surface area contributed by atoms with Gasteiger partial charge in [0.2, 0.25) is 27.7 Å². The van der Waals surface area contributed by atoms with Crippen molar-refractivity contribution >= 4 is 44.5 Å². The smallest absolute Gasteiger partial charge is 0.306 e. The maximum absolute atomic E-state index is 15.2. The first-order valence-corrected chi connectivity index (χ1v) is 25.2. The van der Waals surface area contributed by atoms with Crippen LogP contribution in [0.1, 0.15) is 108 Å². The highest BCUT2D eigenvalue weighted by Gasteiger charge is 2.61. The van der Waals surface area contributed by atoms with Crippen molar-refractivity contribution in [2.45, 2.75) is 133 Å². The van der Waals surface area contributed by atoms with Crippen LogP contribution in [0.4, 0.5) is 0 Å². The zero-order valence-corrected chi connectivity index (χ0v) is 38.0. The number of rotatable bonds is 16. The Balaban J connectivity index is 1.14. The van der Waals surface area contributed by atoms with Crippen molar-refractivity contribution in [3.63, 3.8) is 0 Å². The number of methoxy groups -OCH3 is 1. The Labute approximate surface area is 377 Å². The lowest BCUT2D eigenvalue weighted by Gasteiger charge is -2.31. The zero-order valence-electron chi connectivity index (χ0n) is 37.2. The van der Waals surface area contributed by atoms with E-state index in [0.29, 0.717) is 69.3 Å². The highest BCUT2D eigenvalue weighted by atomic mass is 32.2. The molecule has 5 fully saturated rings. The van der Waals surface area contributed by atoms with Gasteiger partial charge >= 0.3 is 5.97 Å². The fourth-order valence-corrected chi connectivity index (χ4v) is 12.0. The predicted octanol–water partition coefficient (Wildman–Crippen LogP) is 6.58. The highest BCUT2D eigenvalue weighted by Crippen LogP contribution is 2.57. The van der Waals surface area contributed by atoms with Crippen molar-refractivity contribution < 1.29 is 51.3 Å². The fraction of sp³-hybridized carbons (Fsp3) is 0.653. The minimum Gasteiger partial charge on any atom is -0.492 e. The van der Waals surface area contributed by atoms with Crippen molar-refractivity contribution in [2.75, 3.05) is 40.1 Å². The van der Waals surface area contributed by atoms with E-state index < -0.39 is 50.6 Å². The van der Waals surface area contributed by atoms with E-state index in [1.54, 1.807) is 18.1 Å². The van der Waals surface area contributed by atoms with Gasteiger partial charge in [-0.2, -0.15) is 0 Å². The third kappa shape index (κ3) is 10.5. The van der Waals surface area contributed by atoms with Crippen LogP contribution >= 0.6 is 0 Å². The molecule has 1 aromatic heterocycles. The summed E-state index contributed by atoms with van der Waals surface area (Å²) in [6.07, 6.45) is 14.9. The molecule has 348 valence electrons. The predicted molar refractivity (Wildman–Crippen MR) is 239 cm³/mol. The molecule has 2 bridgehead atoms. The summed E-state index contributed by atoms with van der Waals surface area (Å²) in [5.74, 6) is -1.68. The van der Waals surface area contributed by atoms with Crippen LogP contribution in [0.5, 0.6) is 11.6 Å². The number of nitrogens with zero attached hydrogens (tertiary/aromatic N) is 2. The molecule has 0 unspecified atom stereocenters. The van der Waals surface area contributed by atoms with Gasteiger partial charge in [-0.05, 0) is 101 Å². The maximum atomic E-state index is 15.2. The van der Waals surface area contributed by atoms with Crippen LogP contribution in [0.25, 0.3) is 10.9 Å². The molecule has 8 rings (SSSR count). The molecule has 1 saturated heterocycles. The van der Waals surface area contributed by atoms with Crippen molar-refractivity contribution in [1.82, 2.24) is 14.6 Å². The lowest BCUT2D eigenvalue weighted by molar-refractivity contribution is -0.156. The van der Waals surface area contributed by atoms with Gasteiger partial charge in [0.1, 0.15) is 18.0 Å². The van der Waals surface area contributed by atoms with Crippen molar-refractivity contribution in [3.8, 4) is 11.6 Å². The van der Waals surface area contributed by atoms with Gasteiger partial charge in [-0.15, -0.1) is 6.58 Å². The van der Waals surface area contributed by atoms with Gasteiger partial charge in [0, 0.05) is 38.4 Å². The molecule has 0 spiro atoms. The Hall–Kier alpha value is -4.34. The zero-order chi connectivity index (χ0) is 44.8. The van der Waals surface area contributed by atoms with E-state index in [4.69, 9.17) is 28.7 Å². The number of allylic oxidation sites excluding steroid dienone is 3. The molecule has 6 aliphatic rings. The molecular weight excluding hydrogens is 839 g/mol. The van der Waals surface area contributed by atoms with Crippen LogP contribution in [0.15, 0.2) is 49.1 Å². The summed E-state index contributed by atoms with van der Waals surface area (Å²) in [5, 5.41) is 0.221. The fourth-order valence-electron chi connectivity index (χ4n) is 10.7. The molecule has 3 heterocycles. The molecule has 4 saturated carbocycles. The minimum atomic E-state index is -3.87. The Morgan fingerprint density at radius 1 is 0.969 bits per heavy atom. The number of amides is 2. The molecule has 0 radical (unpaired) electrons. The van der Waals surface area contributed by atoms with E-state index in [-0.39, 0.29) is 67.8 Å². The van der Waals surface area contributed by atoms with Gasteiger partial charge in [0.25, 0.3) is 0 Å². The standard InChI is InChI=1S/C49H65N3O11S/c1-3-34-29-49(34,48(56)51-64(57,58)36-21-22-36)30-42(53)41-27-35-31-52(41)47(55)39(32-13-7-8-14-32)28-44(54)63-43-20-11-16-33(43)15-5-4-6-18-38-45(61-24-12-23-60-26-25-59-2)37-17-9-10-19-40(37)50-46(38)62-35/h3-4,6,9-10,17,19,32-36,39,41,43H,1,5,7-8,11-16,18,20-31H2,2H3,(H,51,56)/b6-4+/t33-,34-,35-,39+,41+,43-,49-/m1/s1. The average Bonchev–Trinajstić information content (AvgIpc) is 4.07. The van der Waals surface area contributed by atoms with Gasteiger partial charge in [0.05, 0.1) is 66.5 Å². The van der Waals surface area contributed by atoms with Crippen LogP contribution in [0.2, 0.25) is 0 Å². The molecule has 2 amide bonds. The minimum absolute atomic E-state index is 0.0527. The first kappa shape index (κ1) is 46.2. The Morgan fingerprint density at radius 3 is 2.53 bits per heavy atom. The number of hydrogen-bond acceptors (Lipinski definition) is 12. The number of carbonyl (C=O) groups excluding carboxylic acids is 4. The quantitative estimate of drug-likeness (QED) is 0.109. The number of fused-ring (bicyclic) bond motifs is 5. The first-order valence-electron chi connectivity index (χ1n) is 23.6. The molecule has 7 atom stereocenters. The summed E-state index contributed by atoms with van der Waals surface area (Å²) >= 11 is 0. The second kappa shape index (κ2) is 20.4. The molecule has 2 aliphatic heterocycles. The number of ether oxygens (including phenoxy) is 5. The summed E-state index contributed by atoms with van der Waals surface area (Å²) < 4.78 is 58.6. The van der Waals surface area contributed by atoms with E-state index in [2.05, 4.69) is 23.5 Å². The largest absolute Gasteiger partial charge is 0.492 e. The van der Waals surface area contributed by atoms with Gasteiger partial charge < -0.3 is 28.6 Å². The molecule has 2 aromatic rings. The number of para-hydroxylation sites is 1. The van der Waals surface area contributed by atoms with E-state index in [1.165, 1.54) is 0 Å². The number of pyridine rings is 1. The molecular formula is C49H65N3O11S. The molecule has 14 nitrogen and oxygen atoms in total. The lowest BCUT2D eigenvalue weighted by atomic mass is 9.86. The Kier molecular flexibility index (Phi) is 14.8. The molecule has 1 aromatic carbocycles. The molecule has 4 aliphatic carbocycles. The third-order valence-corrected chi connectivity index (χ3v) is 16.3. The second-order valence-corrected chi connectivity index (χ2v) is 20.8. The van der Waals surface area contributed by atoms with Crippen LogP contribution < -0.4 is 14.2 Å². The number of aromatic nitrogens is 1. The monoisotopic (exact) mass is 903 g/mol. The first-order chi connectivity index (χ1) is 31.0. The number of sulfonamides is 1. The SMILES string of the molecule is C=C[C@@H]1C[C@]1(CC(=O)[C@@H]1C[C@@H]2CN1C(=O)[C@H](C1CCCC1)CC(=O)O[C@@H]1CCC[C@H]1CC/C=C/Cc1c(nc3ccccc3c1OCCCOCCOC)O2)C(=O)NS(=O)(=O)C1CC1. The van der Waals surface area contributed by atoms with Crippen molar-refractivity contribution in [3.05, 3.63) is 54.6 Å². The third-order valence-electron chi connectivity index (χ3n) is 14.5. The number of benzene rings is 1. The number of Topliss-reactive ketones (excluding diaryl/α,β-unsaturated/α-hetero) is 1. The number of carbonyl (C=O) groups is 4. The summed E-state index contributed by atoms with van der Waals surface area (Å²) in [7, 11) is -2.24. The number of esters is 1. The summed E-state index contributed by atoms with van der Waals surface area (Å²) in [4.78, 5) is 64.3. The van der Waals surface area contributed by atoms with Gasteiger partial charge in [0.15, 0.2) is 5.78 Å². The van der Waals surface area contributed by atoms with Gasteiger partial charge in [-0.3, -0.25) is 23.9 Å². The normalized spacial score (nSPS) is 29.5. The average molecular weight is 904 g/mol. The van der Waals surface area contributed by atoms with Crippen molar-refractivity contribution in [1.29, 1.82) is 0 Å². The summed E-state index contributed by atoms with van der Waals surface area (Å²) in [5.41, 5.74) is 0.121. The number of hydrogen-bond donors (Lipinski definition) is 1. The van der Waals surface area contributed by atoms with Crippen LogP contribution in [0.3, 0.4) is 0 Å². The summed E-state index contributed by atoms with van der Waals surface area (Å²) in [6, 6.07) is 6.74. The second-order valence-electron chi connectivity index (χ2n) is 18.9. The van der Waals surface area contributed by atoms with E-state index >= 15 is 4.79 Å². The Morgan fingerprint density at radius 2 is 1.77 bits per heavy atom. The summed E-state index contributed by atoms with van der Waals surface area (Å²) in [6.45, 7) is 5.82. The van der Waals surface area contributed by atoms with E-state index in [9.17, 15) is 22.8 Å². The topological polar surface area (TPSA) is 177 Å². The number of ketones is 1. The van der Waals surface area contributed by atoms with Crippen molar-refractivity contribution in [2.24, 2.45) is 29.1 Å².